The lowest BCUT2D eigenvalue weighted by atomic mass is 10.1. The quantitative estimate of drug-likeness (QED) is 0.212. The van der Waals surface area contributed by atoms with Crippen molar-refractivity contribution in [2.75, 3.05) is 5.32 Å². The minimum atomic E-state index is -0.430. The standard InChI is InChI=1S/C30H22N2O4S/c33-28(23-12-7-14-25(17-23)35-19-20-8-2-1-3-9-20)32-30(37)31-24-13-6-11-21(16-24)26-18-22-10-4-5-15-27(22)36-29(26)34/h1-18H,19H2,(H2,31,32,33,37). The molecule has 0 aliphatic carbocycles. The van der Waals surface area contributed by atoms with Crippen LogP contribution in [0.2, 0.25) is 0 Å². The van der Waals surface area contributed by atoms with Crippen molar-refractivity contribution in [1.82, 2.24) is 5.32 Å². The number of hydrogen-bond donors (Lipinski definition) is 2. The lowest BCUT2D eigenvalue weighted by Gasteiger charge is -2.12. The summed E-state index contributed by atoms with van der Waals surface area (Å²) in [5, 5.41) is 6.65. The monoisotopic (exact) mass is 506 g/mol. The molecule has 1 heterocycles. The van der Waals surface area contributed by atoms with Crippen molar-refractivity contribution < 1.29 is 13.9 Å². The highest BCUT2D eigenvalue weighted by molar-refractivity contribution is 7.80. The van der Waals surface area contributed by atoms with E-state index >= 15 is 0 Å². The van der Waals surface area contributed by atoms with E-state index < -0.39 is 5.63 Å². The number of thiocarbonyl (C=S) groups is 1. The molecule has 1 amide bonds. The number of hydrogen-bond acceptors (Lipinski definition) is 5. The number of carbonyl (C=O) groups excluding carboxylic acids is 1. The number of nitrogens with one attached hydrogen (secondary N) is 2. The first-order valence-corrected chi connectivity index (χ1v) is 12.0. The predicted octanol–water partition coefficient (Wildman–Crippen LogP) is 6.17. The maximum absolute atomic E-state index is 12.8. The van der Waals surface area contributed by atoms with Gasteiger partial charge in [0, 0.05) is 16.6 Å². The first-order valence-electron chi connectivity index (χ1n) is 11.6. The van der Waals surface area contributed by atoms with Gasteiger partial charge >= 0.3 is 5.63 Å². The van der Waals surface area contributed by atoms with E-state index in [0.717, 1.165) is 10.9 Å². The normalized spacial score (nSPS) is 10.6. The number of carbonyl (C=O) groups is 1. The van der Waals surface area contributed by atoms with Crippen molar-refractivity contribution in [1.29, 1.82) is 0 Å². The molecule has 2 N–H and O–H groups in total. The third-order valence-corrected chi connectivity index (χ3v) is 5.85. The summed E-state index contributed by atoms with van der Waals surface area (Å²) in [6, 6.07) is 33.0. The van der Waals surface area contributed by atoms with Gasteiger partial charge in [-0.3, -0.25) is 10.1 Å². The highest BCUT2D eigenvalue weighted by Crippen LogP contribution is 2.23. The number of para-hydroxylation sites is 1. The molecule has 182 valence electrons. The predicted molar refractivity (Wildman–Crippen MR) is 149 cm³/mol. The van der Waals surface area contributed by atoms with Gasteiger partial charge in [0.05, 0.1) is 5.56 Å². The summed E-state index contributed by atoms with van der Waals surface area (Å²) < 4.78 is 11.3. The molecular formula is C30H22N2O4S. The van der Waals surface area contributed by atoms with E-state index in [0.29, 0.717) is 40.3 Å². The number of fused-ring (bicyclic) bond motifs is 1. The molecule has 5 rings (SSSR count). The fraction of sp³-hybridized carbons (Fsp3) is 0.0333. The second-order valence-electron chi connectivity index (χ2n) is 8.28. The Morgan fingerprint density at radius 1 is 0.838 bits per heavy atom. The first-order chi connectivity index (χ1) is 18.0. The van der Waals surface area contributed by atoms with Gasteiger partial charge < -0.3 is 14.5 Å². The number of rotatable bonds is 6. The molecule has 1 aromatic heterocycles. The van der Waals surface area contributed by atoms with Gasteiger partial charge in [0.15, 0.2) is 5.11 Å². The van der Waals surface area contributed by atoms with Gasteiger partial charge in [0.25, 0.3) is 5.91 Å². The number of anilines is 1. The fourth-order valence-corrected chi connectivity index (χ4v) is 4.04. The molecule has 5 aromatic rings. The Hall–Kier alpha value is -4.75. The molecule has 0 aliphatic heterocycles. The van der Waals surface area contributed by atoms with Crippen LogP contribution < -0.4 is 21.0 Å². The third kappa shape index (κ3) is 5.91. The molecule has 4 aromatic carbocycles. The zero-order valence-corrected chi connectivity index (χ0v) is 20.5. The second-order valence-corrected chi connectivity index (χ2v) is 8.68. The van der Waals surface area contributed by atoms with Gasteiger partial charge in [-0.25, -0.2) is 4.79 Å². The summed E-state index contributed by atoms with van der Waals surface area (Å²) >= 11 is 5.35. The first kappa shape index (κ1) is 24.0. The van der Waals surface area contributed by atoms with Crippen molar-refractivity contribution in [3.05, 3.63) is 131 Å². The van der Waals surface area contributed by atoms with Gasteiger partial charge in [-0.05, 0) is 65.8 Å². The molecule has 0 fully saturated rings. The van der Waals surface area contributed by atoms with E-state index in [2.05, 4.69) is 10.6 Å². The van der Waals surface area contributed by atoms with Crippen LogP contribution in [0.25, 0.3) is 22.1 Å². The lowest BCUT2D eigenvalue weighted by Crippen LogP contribution is -2.34. The highest BCUT2D eigenvalue weighted by Gasteiger charge is 2.11. The van der Waals surface area contributed by atoms with E-state index in [9.17, 15) is 9.59 Å². The van der Waals surface area contributed by atoms with Crippen LogP contribution in [0.5, 0.6) is 5.75 Å². The molecule has 7 heteroatoms. The Kier molecular flexibility index (Phi) is 7.05. The van der Waals surface area contributed by atoms with Crippen molar-refractivity contribution in [3.8, 4) is 16.9 Å². The minimum Gasteiger partial charge on any atom is -0.489 e. The maximum atomic E-state index is 12.8. The molecule has 0 saturated carbocycles. The van der Waals surface area contributed by atoms with Crippen LogP contribution in [0.4, 0.5) is 5.69 Å². The van der Waals surface area contributed by atoms with Gasteiger partial charge in [-0.2, -0.15) is 0 Å². The van der Waals surface area contributed by atoms with E-state index in [1.807, 2.05) is 54.6 Å². The van der Waals surface area contributed by atoms with Crippen LogP contribution >= 0.6 is 12.2 Å². The molecule has 37 heavy (non-hydrogen) atoms. The van der Waals surface area contributed by atoms with Gasteiger partial charge in [0.1, 0.15) is 17.9 Å². The second kappa shape index (κ2) is 10.9. The zero-order valence-electron chi connectivity index (χ0n) is 19.6. The van der Waals surface area contributed by atoms with Crippen molar-refractivity contribution in [2.24, 2.45) is 0 Å². The lowest BCUT2D eigenvalue weighted by molar-refractivity contribution is 0.0977. The zero-order chi connectivity index (χ0) is 25.6. The topological polar surface area (TPSA) is 80.6 Å². The van der Waals surface area contributed by atoms with Gasteiger partial charge in [-0.1, -0.05) is 66.7 Å². The molecular weight excluding hydrogens is 484 g/mol. The summed E-state index contributed by atoms with van der Waals surface area (Å²) in [5.41, 5.74) is 3.27. The fourth-order valence-electron chi connectivity index (χ4n) is 3.83. The third-order valence-electron chi connectivity index (χ3n) is 5.64. The van der Waals surface area contributed by atoms with Gasteiger partial charge in [0.2, 0.25) is 0 Å². The smallest absolute Gasteiger partial charge is 0.344 e. The van der Waals surface area contributed by atoms with Crippen LogP contribution in [0, 0.1) is 0 Å². The van der Waals surface area contributed by atoms with Gasteiger partial charge in [-0.15, -0.1) is 0 Å². The number of benzene rings is 4. The van der Waals surface area contributed by atoms with Crippen LogP contribution in [0.15, 0.2) is 118 Å². The molecule has 0 spiro atoms. The van der Waals surface area contributed by atoms with Crippen LogP contribution in [0.1, 0.15) is 15.9 Å². The molecule has 0 unspecified atom stereocenters. The van der Waals surface area contributed by atoms with Crippen LogP contribution in [0.3, 0.4) is 0 Å². The van der Waals surface area contributed by atoms with Crippen molar-refractivity contribution in [2.45, 2.75) is 6.61 Å². The Labute approximate surface area is 218 Å². The van der Waals surface area contributed by atoms with Crippen LogP contribution in [-0.2, 0) is 6.61 Å². The summed E-state index contributed by atoms with van der Waals surface area (Å²) in [5.74, 6) is 0.214. The summed E-state index contributed by atoms with van der Waals surface area (Å²) in [4.78, 5) is 25.3. The highest BCUT2D eigenvalue weighted by atomic mass is 32.1. The van der Waals surface area contributed by atoms with E-state index in [1.54, 1.807) is 54.6 Å². The number of amides is 1. The molecule has 0 radical (unpaired) electrons. The average molecular weight is 507 g/mol. The SMILES string of the molecule is O=C(NC(=S)Nc1cccc(-c2cc3ccccc3oc2=O)c1)c1cccc(OCc2ccccc2)c1. The number of ether oxygens (including phenoxy) is 1. The Morgan fingerprint density at radius 2 is 1.62 bits per heavy atom. The molecule has 0 saturated heterocycles. The Bertz CT molecular complexity index is 1650. The summed E-state index contributed by atoms with van der Waals surface area (Å²) in [6.07, 6.45) is 0. The molecule has 6 nitrogen and oxygen atoms in total. The minimum absolute atomic E-state index is 0.128. The molecule has 0 bridgehead atoms. The Morgan fingerprint density at radius 3 is 2.49 bits per heavy atom. The largest absolute Gasteiger partial charge is 0.489 e. The Balaban J connectivity index is 1.25. The van der Waals surface area contributed by atoms with E-state index in [-0.39, 0.29) is 11.0 Å². The molecule has 0 atom stereocenters. The molecule has 0 aliphatic rings. The van der Waals surface area contributed by atoms with E-state index in [4.69, 9.17) is 21.4 Å². The summed E-state index contributed by atoms with van der Waals surface area (Å²) in [6.45, 7) is 0.401. The van der Waals surface area contributed by atoms with Crippen LogP contribution in [-0.4, -0.2) is 11.0 Å². The van der Waals surface area contributed by atoms with E-state index in [1.165, 1.54) is 0 Å². The van der Waals surface area contributed by atoms with Crippen molar-refractivity contribution >= 4 is 39.9 Å². The summed E-state index contributed by atoms with van der Waals surface area (Å²) in [7, 11) is 0. The average Bonchev–Trinajstić information content (AvgIpc) is 2.92. The maximum Gasteiger partial charge on any atom is 0.344 e. The van der Waals surface area contributed by atoms with Crippen molar-refractivity contribution in [3.63, 3.8) is 0 Å².